The molecule has 7 heteroatoms. The summed E-state index contributed by atoms with van der Waals surface area (Å²) in [6, 6.07) is 2.33. The Bertz CT molecular complexity index is 447. The molecule has 0 N–H and O–H groups in total. The van der Waals surface area contributed by atoms with Gasteiger partial charge in [-0.05, 0) is 19.1 Å². The van der Waals surface area contributed by atoms with Crippen molar-refractivity contribution in [2.75, 3.05) is 0 Å². The maximum atomic E-state index is 12.4. The van der Waals surface area contributed by atoms with Gasteiger partial charge < -0.3 is 0 Å². The molecule has 0 amide bonds. The Morgan fingerprint density at radius 1 is 1.43 bits per heavy atom. The number of hydrogen-bond donors (Lipinski definition) is 0. The molecule has 0 fully saturated rings. The van der Waals surface area contributed by atoms with Crippen LogP contribution in [0.3, 0.4) is 0 Å². The number of pyridine rings is 1. The summed E-state index contributed by atoms with van der Waals surface area (Å²) < 4.78 is 46.4. The summed E-state index contributed by atoms with van der Waals surface area (Å²) in [7, 11) is 0.793. The maximum Gasteiger partial charge on any atom is 0.281 e. The normalized spacial score (nSPS) is 12.1. The van der Waals surface area contributed by atoms with Crippen molar-refractivity contribution in [2.45, 2.75) is 18.2 Å². The molecule has 0 radical (unpaired) electrons. The van der Waals surface area contributed by atoms with Crippen molar-refractivity contribution in [2.24, 2.45) is 0 Å². The summed E-state index contributed by atoms with van der Waals surface area (Å²) in [6.45, 7) is 1.48. The second kappa shape index (κ2) is 3.78. The third-order valence-electron chi connectivity index (χ3n) is 1.49. The zero-order valence-electron chi connectivity index (χ0n) is 7.04. The van der Waals surface area contributed by atoms with Gasteiger partial charge in [-0.15, -0.1) is 0 Å². The summed E-state index contributed by atoms with van der Waals surface area (Å²) in [6.07, 6.45) is -2.96. The number of nitrogens with zero attached hydrogens (tertiary/aromatic N) is 1. The quantitative estimate of drug-likeness (QED) is 0.746. The van der Waals surface area contributed by atoms with Crippen LogP contribution in [0.2, 0.25) is 0 Å². The molecule has 0 saturated heterocycles. The number of aryl methyl sites for hydroxylation is 1. The highest BCUT2D eigenvalue weighted by atomic mass is 35.7. The minimum absolute atomic E-state index is 0.310. The lowest BCUT2D eigenvalue weighted by molar-refractivity contribution is 0.142. The van der Waals surface area contributed by atoms with E-state index in [1.165, 1.54) is 13.0 Å². The first-order valence-electron chi connectivity index (χ1n) is 3.52. The van der Waals surface area contributed by atoms with E-state index in [1.807, 2.05) is 0 Å². The smallest absolute Gasteiger partial charge is 0.251 e. The summed E-state index contributed by atoms with van der Waals surface area (Å²) in [4.78, 5) is 2.79. The monoisotopic (exact) mass is 241 g/mol. The molecule has 1 aromatic rings. The molecule has 1 aromatic heterocycles. The number of halogens is 3. The average molecular weight is 242 g/mol. The predicted octanol–water partition coefficient (Wildman–Crippen LogP) is 2.26. The molecule has 0 spiro atoms. The van der Waals surface area contributed by atoms with E-state index in [-0.39, 0.29) is 0 Å². The molecule has 0 aliphatic rings. The van der Waals surface area contributed by atoms with E-state index in [4.69, 9.17) is 10.7 Å². The van der Waals surface area contributed by atoms with Crippen molar-refractivity contribution < 1.29 is 17.2 Å². The van der Waals surface area contributed by atoms with Crippen LogP contribution in [-0.2, 0) is 9.05 Å². The van der Waals surface area contributed by atoms with Gasteiger partial charge in [0.15, 0.2) is 0 Å². The number of hydrogen-bond acceptors (Lipinski definition) is 3. The van der Waals surface area contributed by atoms with Crippen molar-refractivity contribution in [1.29, 1.82) is 0 Å². The van der Waals surface area contributed by atoms with Gasteiger partial charge in [0.05, 0.1) is 0 Å². The zero-order valence-corrected chi connectivity index (χ0v) is 8.61. The van der Waals surface area contributed by atoms with E-state index < -0.39 is 26.1 Å². The fourth-order valence-corrected chi connectivity index (χ4v) is 1.93. The van der Waals surface area contributed by atoms with Crippen LogP contribution in [0.5, 0.6) is 0 Å². The second-order valence-electron chi connectivity index (χ2n) is 2.57. The Morgan fingerprint density at radius 2 is 2.00 bits per heavy atom. The van der Waals surface area contributed by atoms with Crippen molar-refractivity contribution >= 4 is 19.7 Å². The van der Waals surface area contributed by atoms with Gasteiger partial charge in [0.25, 0.3) is 15.5 Å². The molecule has 3 nitrogen and oxygen atoms in total. The molecule has 14 heavy (non-hydrogen) atoms. The molecule has 0 saturated carbocycles. The van der Waals surface area contributed by atoms with Crippen LogP contribution in [0.25, 0.3) is 0 Å². The highest BCUT2D eigenvalue weighted by Crippen LogP contribution is 2.26. The predicted molar refractivity (Wildman–Crippen MR) is 47.0 cm³/mol. The summed E-state index contributed by atoms with van der Waals surface area (Å²) in [5.41, 5.74) is -0.496. The minimum atomic E-state index is -4.17. The first kappa shape index (κ1) is 11.3. The van der Waals surface area contributed by atoms with E-state index >= 15 is 0 Å². The molecule has 0 aliphatic carbocycles. The zero-order chi connectivity index (χ0) is 10.9. The Morgan fingerprint density at radius 3 is 2.43 bits per heavy atom. The van der Waals surface area contributed by atoms with Crippen molar-refractivity contribution in [3.05, 3.63) is 23.5 Å². The standard InChI is InChI=1S/C7H6ClF2NO2S/c1-4-2-3-5(14(8,12)13)6(11-4)7(9)10/h2-3,7H,1H3. The van der Waals surface area contributed by atoms with Gasteiger partial charge in [0, 0.05) is 16.4 Å². The van der Waals surface area contributed by atoms with Crippen molar-refractivity contribution in [1.82, 2.24) is 4.98 Å². The third kappa shape index (κ3) is 2.39. The van der Waals surface area contributed by atoms with Crippen molar-refractivity contribution in [3.8, 4) is 0 Å². The van der Waals surface area contributed by atoms with Crippen LogP contribution in [0.4, 0.5) is 8.78 Å². The molecule has 0 aliphatic heterocycles. The average Bonchev–Trinajstić information content (AvgIpc) is 2.01. The fourth-order valence-electron chi connectivity index (χ4n) is 0.927. The highest BCUT2D eigenvalue weighted by molar-refractivity contribution is 8.13. The molecular weight excluding hydrogens is 236 g/mol. The molecular formula is C7H6ClF2NO2S. The Hall–Kier alpha value is -0.750. The fraction of sp³-hybridized carbons (Fsp3) is 0.286. The van der Waals surface area contributed by atoms with Crippen LogP contribution in [-0.4, -0.2) is 13.4 Å². The lowest BCUT2D eigenvalue weighted by Gasteiger charge is -2.05. The molecule has 78 valence electrons. The van der Waals surface area contributed by atoms with Gasteiger partial charge in [-0.3, -0.25) is 4.98 Å². The van der Waals surface area contributed by atoms with E-state index in [2.05, 4.69) is 4.98 Å². The second-order valence-corrected chi connectivity index (χ2v) is 5.11. The molecule has 0 aromatic carbocycles. The highest BCUT2D eigenvalue weighted by Gasteiger charge is 2.23. The van der Waals surface area contributed by atoms with E-state index in [0.29, 0.717) is 5.69 Å². The van der Waals surface area contributed by atoms with Gasteiger partial charge >= 0.3 is 0 Å². The van der Waals surface area contributed by atoms with E-state index in [0.717, 1.165) is 6.07 Å². The van der Waals surface area contributed by atoms with Gasteiger partial charge in [-0.1, -0.05) is 0 Å². The summed E-state index contributed by atoms with van der Waals surface area (Å²) in [5.74, 6) is 0. The molecule has 0 bridgehead atoms. The van der Waals surface area contributed by atoms with Crippen LogP contribution in [0, 0.1) is 6.92 Å². The molecule has 1 heterocycles. The number of alkyl halides is 2. The number of rotatable bonds is 2. The van der Waals surface area contributed by atoms with Gasteiger partial charge in [-0.2, -0.15) is 0 Å². The maximum absolute atomic E-state index is 12.4. The van der Waals surface area contributed by atoms with E-state index in [1.54, 1.807) is 0 Å². The lowest BCUT2D eigenvalue weighted by atomic mass is 10.3. The topological polar surface area (TPSA) is 47.0 Å². The van der Waals surface area contributed by atoms with Crippen LogP contribution in [0.15, 0.2) is 17.0 Å². The minimum Gasteiger partial charge on any atom is -0.251 e. The molecule has 1 rings (SSSR count). The Kier molecular flexibility index (Phi) is 3.06. The van der Waals surface area contributed by atoms with Crippen LogP contribution in [0.1, 0.15) is 17.8 Å². The van der Waals surface area contributed by atoms with Crippen LogP contribution < -0.4 is 0 Å². The first-order chi connectivity index (χ1) is 6.32. The first-order valence-corrected chi connectivity index (χ1v) is 5.83. The van der Waals surface area contributed by atoms with Gasteiger partial charge in [0.1, 0.15) is 10.6 Å². The Labute approximate surface area is 84.1 Å². The largest absolute Gasteiger partial charge is 0.281 e. The van der Waals surface area contributed by atoms with E-state index in [9.17, 15) is 17.2 Å². The van der Waals surface area contributed by atoms with Gasteiger partial charge in [-0.25, -0.2) is 17.2 Å². The van der Waals surface area contributed by atoms with Crippen LogP contribution >= 0.6 is 10.7 Å². The molecule has 0 atom stereocenters. The third-order valence-corrected chi connectivity index (χ3v) is 2.86. The Balaban J connectivity index is 3.45. The SMILES string of the molecule is Cc1ccc(S(=O)(=O)Cl)c(C(F)F)n1. The van der Waals surface area contributed by atoms with Gasteiger partial charge in [0.2, 0.25) is 0 Å². The summed E-state index contributed by atoms with van der Waals surface area (Å²) >= 11 is 0. The lowest BCUT2D eigenvalue weighted by Crippen LogP contribution is -2.02. The molecule has 0 unspecified atom stereocenters. The van der Waals surface area contributed by atoms with Crippen molar-refractivity contribution in [3.63, 3.8) is 0 Å². The number of aromatic nitrogens is 1. The summed E-state index contributed by atoms with van der Waals surface area (Å²) in [5, 5.41) is 0.